The van der Waals surface area contributed by atoms with E-state index in [2.05, 4.69) is 0 Å². The van der Waals surface area contributed by atoms with Gasteiger partial charge in [0.25, 0.3) is 0 Å². The van der Waals surface area contributed by atoms with E-state index in [9.17, 15) is 9.90 Å². The van der Waals surface area contributed by atoms with Gasteiger partial charge in [0.2, 0.25) is 5.91 Å². The van der Waals surface area contributed by atoms with Crippen LogP contribution in [0, 0.1) is 5.92 Å². The third kappa shape index (κ3) is 3.25. The first-order chi connectivity index (χ1) is 8.66. The zero-order valence-electron chi connectivity index (χ0n) is 10.9. The lowest BCUT2D eigenvalue weighted by Gasteiger charge is -2.18. The smallest absolute Gasteiger partial charge is 0.226 e. The molecular formula is C15H21NO2. The van der Waals surface area contributed by atoms with Gasteiger partial charge >= 0.3 is 0 Å². The molecule has 0 aromatic heterocycles. The molecule has 0 saturated heterocycles. The predicted molar refractivity (Wildman–Crippen MR) is 72.7 cm³/mol. The number of hydrogen-bond acceptors (Lipinski definition) is 2. The first-order valence-electron chi connectivity index (χ1n) is 6.72. The first kappa shape index (κ1) is 12.9. The molecule has 1 saturated carbocycles. The standard InChI is InChI=1S/C15H21NO2/c1-16(13-7-4-8-14(17)11-13)15(18)10-9-12-5-2-3-6-12/h4,7-8,11-12,17H,2-3,5-6,9-10H2,1H3. The lowest BCUT2D eigenvalue weighted by molar-refractivity contribution is -0.118. The van der Waals surface area contributed by atoms with Gasteiger partial charge in [0, 0.05) is 25.2 Å². The van der Waals surface area contributed by atoms with Gasteiger partial charge in [-0.2, -0.15) is 0 Å². The van der Waals surface area contributed by atoms with Crippen molar-refractivity contribution in [3.05, 3.63) is 24.3 Å². The molecule has 1 aromatic carbocycles. The lowest BCUT2D eigenvalue weighted by atomic mass is 10.0. The van der Waals surface area contributed by atoms with Gasteiger partial charge < -0.3 is 10.0 Å². The van der Waals surface area contributed by atoms with Gasteiger partial charge in [-0.15, -0.1) is 0 Å². The van der Waals surface area contributed by atoms with Crippen molar-refractivity contribution in [1.29, 1.82) is 0 Å². The summed E-state index contributed by atoms with van der Waals surface area (Å²) in [5, 5.41) is 9.41. The number of phenols is 1. The number of carbonyl (C=O) groups is 1. The zero-order chi connectivity index (χ0) is 13.0. The van der Waals surface area contributed by atoms with Crippen LogP contribution in [0.2, 0.25) is 0 Å². The van der Waals surface area contributed by atoms with Crippen molar-refractivity contribution >= 4 is 11.6 Å². The summed E-state index contributed by atoms with van der Waals surface area (Å²) < 4.78 is 0. The summed E-state index contributed by atoms with van der Waals surface area (Å²) in [6.07, 6.45) is 6.81. The Kier molecular flexibility index (Phi) is 4.24. The molecule has 2 rings (SSSR count). The van der Waals surface area contributed by atoms with Gasteiger partial charge in [0.05, 0.1) is 0 Å². The Morgan fingerprint density at radius 1 is 1.39 bits per heavy atom. The topological polar surface area (TPSA) is 40.5 Å². The van der Waals surface area contributed by atoms with E-state index >= 15 is 0 Å². The van der Waals surface area contributed by atoms with E-state index in [1.165, 1.54) is 25.7 Å². The monoisotopic (exact) mass is 247 g/mol. The van der Waals surface area contributed by atoms with Gasteiger partial charge in [-0.3, -0.25) is 4.79 Å². The average Bonchev–Trinajstić information content (AvgIpc) is 2.88. The Morgan fingerprint density at radius 2 is 2.11 bits per heavy atom. The van der Waals surface area contributed by atoms with Gasteiger partial charge in [0.1, 0.15) is 5.75 Å². The van der Waals surface area contributed by atoms with Crippen molar-refractivity contribution in [2.75, 3.05) is 11.9 Å². The molecule has 0 atom stereocenters. The number of aromatic hydroxyl groups is 1. The number of rotatable bonds is 4. The summed E-state index contributed by atoms with van der Waals surface area (Å²) in [6.45, 7) is 0. The van der Waals surface area contributed by atoms with Gasteiger partial charge in [0.15, 0.2) is 0 Å². The Bertz CT molecular complexity index is 411. The van der Waals surface area contributed by atoms with Crippen molar-refractivity contribution in [1.82, 2.24) is 0 Å². The molecule has 18 heavy (non-hydrogen) atoms. The Labute approximate surface area is 108 Å². The summed E-state index contributed by atoms with van der Waals surface area (Å²) in [6, 6.07) is 6.83. The van der Waals surface area contributed by atoms with Crippen molar-refractivity contribution < 1.29 is 9.90 Å². The number of anilines is 1. The number of nitrogens with zero attached hydrogens (tertiary/aromatic N) is 1. The van der Waals surface area contributed by atoms with Crippen LogP contribution in [0.4, 0.5) is 5.69 Å². The molecular weight excluding hydrogens is 226 g/mol. The van der Waals surface area contributed by atoms with Crippen molar-refractivity contribution in [2.24, 2.45) is 5.92 Å². The van der Waals surface area contributed by atoms with Gasteiger partial charge in [-0.1, -0.05) is 31.7 Å². The molecule has 98 valence electrons. The summed E-state index contributed by atoms with van der Waals surface area (Å²) >= 11 is 0. The molecule has 0 bridgehead atoms. The molecule has 1 N–H and O–H groups in total. The van der Waals surface area contributed by atoms with Crippen LogP contribution in [0.1, 0.15) is 38.5 Å². The van der Waals surface area contributed by atoms with Crippen LogP contribution in [0.15, 0.2) is 24.3 Å². The SMILES string of the molecule is CN(C(=O)CCC1CCCC1)c1cccc(O)c1. The van der Waals surface area contributed by atoms with E-state index < -0.39 is 0 Å². The van der Waals surface area contributed by atoms with Crippen molar-refractivity contribution in [3.8, 4) is 5.75 Å². The second-order valence-corrected chi connectivity index (χ2v) is 5.16. The van der Waals surface area contributed by atoms with E-state index in [1.807, 2.05) is 6.07 Å². The third-order valence-electron chi connectivity index (χ3n) is 3.83. The predicted octanol–water partition coefficient (Wildman–Crippen LogP) is 3.33. The number of phenolic OH excluding ortho intramolecular Hbond substituents is 1. The van der Waals surface area contributed by atoms with E-state index in [4.69, 9.17) is 0 Å². The van der Waals surface area contributed by atoms with Gasteiger partial charge in [-0.25, -0.2) is 0 Å². The molecule has 3 heteroatoms. The number of carbonyl (C=O) groups excluding carboxylic acids is 1. The highest BCUT2D eigenvalue weighted by molar-refractivity contribution is 5.92. The molecule has 1 amide bonds. The maximum absolute atomic E-state index is 12.1. The van der Waals surface area contributed by atoms with Crippen LogP contribution in [0.5, 0.6) is 5.75 Å². The van der Waals surface area contributed by atoms with Crippen LogP contribution < -0.4 is 4.90 Å². The minimum Gasteiger partial charge on any atom is -0.508 e. The van der Waals surface area contributed by atoms with Crippen molar-refractivity contribution in [3.63, 3.8) is 0 Å². The molecule has 0 spiro atoms. The highest BCUT2D eigenvalue weighted by Crippen LogP contribution is 2.29. The summed E-state index contributed by atoms with van der Waals surface area (Å²) in [4.78, 5) is 13.7. The molecule has 0 heterocycles. The summed E-state index contributed by atoms with van der Waals surface area (Å²) in [5.74, 6) is 1.07. The van der Waals surface area contributed by atoms with E-state index in [1.54, 1.807) is 30.1 Å². The van der Waals surface area contributed by atoms with Gasteiger partial charge in [-0.05, 0) is 24.5 Å². The average molecular weight is 247 g/mol. The number of hydrogen-bond donors (Lipinski definition) is 1. The van der Waals surface area contributed by atoms with Crippen LogP contribution in [0.25, 0.3) is 0 Å². The van der Waals surface area contributed by atoms with Crippen LogP contribution in [-0.4, -0.2) is 18.1 Å². The fourth-order valence-electron chi connectivity index (χ4n) is 2.64. The highest BCUT2D eigenvalue weighted by Gasteiger charge is 2.18. The quantitative estimate of drug-likeness (QED) is 0.886. The normalized spacial score (nSPS) is 15.8. The minimum atomic E-state index is 0.132. The molecule has 1 fully saturated rings. The Balaban J connectivity index is 1.87. The fourth-order valence-corrected chi connectivity index (χ4v) is 2.64. The van der Waals surface area contributed by atoms with E-state index in [-0.39, 0.29) is 11.7 Å². The minimum absolute atomic E-state index is 0.132. The first-order valence-corrected chi connectivity index (χ1v) is 6.72. The van der Waals surface area contributed by atoms with E-state index in [0.29, 0.717) is 6.42 Å². The Hall–Kier alpha value is -1.51. The highest BCUT2D eigenvalue weighted by atomic mass is 16.3. The lowest BCUT2D eigenvalue weighted by Crippen LogP contribution is -2.26. The molecule has 0 unspecified atom stereocenters. The summed E-state index contributed by atoms with van der Waals surface area (Å²) in [7, 11) is 1.77. The second kappa shape index (κ2) is 5.89. The molecule has 1 aliphatic rings. The second-order valence-electron chi connectivity index (χ2n) is 5.16. The molecule has 0 aliphatic heterocycles. The molecule has 1 aliphatic carbocycles. The van der Waals surface area contributed by atoms with Crippen LogP contribution in [-0.2, 0) is 4.79 Å². The van der Waals surface area contributed by atoms with Crippen LogP contribution in [0.3, 0.4) is 0 Å². The number of benzene rings is 1. The van der Waals surface area contributed by atoms with Crippen LogP contribution >= 0.6 is 0 Å². The maximum atomic E-state index is 12.1. The third-order valence-corrected chi connectivity index (χ3v) is 3.83. The number of amides is 1. The zero-order valence-corrected chi connectivity index (χ0v) is 10.9. The molecule has 3 nitrogen and oxygen atoms in total. The Morgan fingerprint density at radius 3 is 2.78 bits per heavy atom. The fraction of sp³-hybridized carbons (Fsp3) is 0.533. The van der Waals surface area contributed by atoms with Crippen molar-refractivity contribution in [2.45, 2.75) is 38.5 Å². The largest absolute Gasteiger partial charge is 0.508 e. The maximum Gasteiger partial charge on any atom is 0.226 e. The summed E-state index contributed by atoms with van der Waals surface area (Å²) in [5.41, 5.74) is 0.756. The molecule has 1 aromatic rings. The molecule has 0 radical (unpaired) electrons. The van der Waals surface area contributed by atoms with E-state index in [0.717, 1.165) is 18.0 Å².